The third-order valence-electron chi connectivity index (χ3n) is 1.84. The highest BCUT2D eigenvalue weighted by molar-refractivity contribution is 14.1. The standard InChI is InChI=1S/C9H7F2IN2O3/c10-5-3-6(9(15)13-2-1-12)8(11)7(4-5)14(16)17/h3-4H,1-2H2,(H,13,15). The number of nitrogens with one attached hydrogen (secondary N) is 1. The lowest BCUT2D eigenvalue weighted by Crippen LogP contribution is -2.26. The molecule has 92 valence electrons. The summed E-state index contributed by atoms with van der Waals surface area (Å²) in [7, 11) is 0. The number of hydrogen-bond donors (Lipinski definition) is 1. The maximum Gasteiger partial charge on any atom is 0.308 e. The maximum atomic E-state index is 13.5. The van der Waals surface area contributed by atoms with Crippen molar-refractivity contribution in [3.05, 3.63) is 39.4 Å². The molecule has 0 aliphatic heterocycles. The Bertz CT molecular complexity index is 468. The van der Waals surface area contributed by atoms with Crippen LogP contribution < -0.4 is 5.32 Å². The van der Waals surface area contributed by atoms with Gasteiger partial charge in [0.2, 0.25) is 5.82 Å². The molecule has 0 aromatic heterocycles. The van der Waals surface area contributed by atoms with E-state index in [-0.39, 0.29) is 6.54 Å². The van der Waals surface area contributed by atoms with Crippen LogP contribution in [-0.4, -0.2) is 21.8 Å². The van der Waals surface area contributed by atoms with E-state index in [0.717, 1.165) is 0 Å². The lowest BCUT2D eigenvalue weighted by atomic mass is 10.1. The summed E-state index contributed by atoms with van der Waals surface area (Å²) in [4.78, 5) is 20.8. The van der Waals surface area contributed by atoms with Crippen molar-refractivity contribution in [2.75, 3.05) is 11.0 Å². The van der Waals surface area contributed by atoms with Gasteiger partial charge in [-0.05, 0) is 6.07 Å². The van der Waals surface area contributed by atoms with E-state index >= 15 is 0 Å². The van der Waals surface area contributed by atoms with Crippen LogP contribution in [0, 0.1) is 21.7 Å². The summed E-state index contributed by atoms with van der Waals surface area (Å²) in [6.07, 6.45) is 0. The number of alkyl halides is 1. The van der Waals surface area contributed by atoms with Crippen molar-refractivity contribution in [1.29, 1.82) is 0 Å². The summed E-state index contributed by atoms with van der Waals surface area (Å²) in [6.45, 7) is 0.267. The molecule has 1 N–H and O–H groups in total. The van der Waals surface area contributed by atoms with E-state index in [0.29, 0.717) is 16.6 Å². The number of carbonyl (C=O) groups excluding carboxylic acids is 1. The zero-order valence-electron chi connectivity index (χ0n) is 8.37. The molecule has 0 aliphatic rings. The summed E-state index contributed by atoms with van der Waals surface area (Å²) in [5, 5.41) is 12.7. The monoisotopic (exact) mass is 356 g/mol. The minimum Gasteiger partial charge on any atom is -0.351 e. The fraction of sp³-hybridized carbons (Fsp3) is 0.222. The number of nitro benzene ring substituents is 1. The molecule has 0 heterocycles. The summed E-state index contributed by atoms with van der Waals surface area (Å²) in [6, 6.07) is 1.06. The minimum absolute atomic E-state index is 0.267. The lowest BCUT2D eigenvalue weighted by Gasteiger charge is -2.04. The highest BCUT2D eigenvalue weighted by Crippen LogP contribution is 2.22. The van der Waals surface area contributed by atoms with Gasteiger partial charge in [-0.2, -0.15) is 4.39 Å². The van der Waals surface area contributed by atoms with Crippen molar-refractivity contribution >= 4 is 34.2 Å². The Morgan fingerprint density at radius 2 is 2.12 bits per heavy atom. The first-order valence-corrected chi connectivity index (χ1v) is 5.97. The summed E-state index contributed by atoms with van der Waals surface area (Å²) >= 11 is 1.98. The molecule has 0 radical (unpaired) electrons. The Morgan fingerprint density at radius 1 is 1.47 bits per heavy atom. The molecule has 0 atom stereocenters. The van der Waals surface area contributed by atoms with Crippen LogP contribution in [0.5, 0.6) is 0 Å². The van der Waals surface area contributed by atoms with E-state index in [1.807, 2.05) is 22.6 Å². The van der Waals surface area contributed by atoms with Crippen molar-refractivity contribution in [1.82, 2.24) is 5.32 Å². The molecule has 0 aliphatic carbocycles. The highest BCUT2D eigenvalue weighted by atomic mass is 127. The molecule has 1 aromatic rings. The number of hydrogen-bond acceptors (Lipinski definition) is 3. The molecule has 0 unspecified atom stereocenters. The molecule has 0 bridgehead atoms. The topological polar surface area (TPSA) is 72.2 Å². The van der Waals surface area contributed by atoms with Gasteiger partial charge in [0.1, 0.15) is 5.82 Å². The minimum atomic E-state index is -1.33. The van der Waals surface area contributed by atoms with Crippen LogP contribution in [0.15, 0.2) is 12.1 Å². The summed E-state index contributed by atoms with van der Waals surface area (Å²) in [5.41, 5.74) is -1.72. The second-order valence-corrected chi connectivity index (χ2v) is 4.07. The molecule has 8 heteroatoms. The van der Waals surface area contributed by atoms with Crippen LogP contribution in [0.3, 0.4) is 0 Å². The number of carbonyl (C=O) groups is 1. The second-order valence-electron chi connectivity index (χ2n) is 2.99. The molecule has 0 fully saturated rings. The molecule has 0 spiro atoms. The Morgan fingerprint density at radius 3 is 2.65 bits per heavy atom. The molecule has 0 saturated carbocycles. The average Bonchev–Trinajstić information content (AvgIpc) is 2.28. The predicted octanol–water partition coefficient (Wildman–Crippen LogP) is 2.04. The SMILES string of the molecule is O=C(NCCI)c1cc(F)cc([N+](=O)[O-])c1F. The Hall–Kier alpha value is -1.32. The number of rotatable bonds is 4. The molecule has 1 amide bonds. The third kappa shape index (κ3) is 3.32. The van der Waals surface area contributed by atoms with E-state index in [1.165, 1.54) is 0 Å². The first kappa shape index (κ1) is 13.7. The van der Waals surface area contributed by atoms with Gasteiger partial charge in [0, 0.05) is 11.0 Å². The fourth-order valence-electron chi connectivity index (χ4n) is 1.13. The van der Waals surface area contributed by atoms with Crippen molar-refractivity contribution in [2.45, 2.75) is 0 Å². The van der Waals surface area contributed by atoms with E-state index in [4.69, 9.17) is 0 Å². The van der Waals surface area contributed by atoms with E-state index in [1.54, 1.807) is 0 Å². The largest absolute Gasteiger partial charge is 0.351 e. The van der Waals surface area contributed by atoms with Crippen LogP contribution in [0.25, 0.3) is 0 Å². The third-order valence-corrected chi connectivity index (χ3v) is 2.38. The van der Waals surface area contributed by atoms with Crippen molar-refractivity contribution in [3.8, 4) is 0 Å². The second kappa shape index (κ2) is 5.84. The average molecular weight is 356 g/mol. The quantitative estimate of drug-likeness (QED) is 0.388. The first-order chi connectivity index (χ1) is 7.97. The number of nitrogens with zero attached hydrogens (tertiary/aromatic N) is 1. The van der Waals surface area contributed by atoms with Crippen LogP contribution >= 0.6 is 22.6 Å². The van der Waals surface area contributed by atoms with Gasteiger partial charge in [0.25, 0.3) is 5.91 Å². The van der Waals surface area contributed by atoms with Crippen LogP contribution in [-0.2, 0) is 0 Å². The fourth-order valence-corrected chi connectivity index (χ4v) is 1.40. The number of benzene rings is 1. The van der Waals surface area contributed by atoms with Crippen LogP contribution in [0.1, 0.15) is 10.4 Å². The van der Waals surface area contributed by atoms with E-state index in [9.17, 15) is 23.7 Å². The Balaban J connectivity index is 3.15. The molecular weight excluding hydrogens is 349 g/mol. The van der Waals surface area contributed by atoms with E-state index < -0.39 is 33.7 Å². The Kier molecular flexibility index (Phi) is 4.73. The maximum absolute atomic E-state index is 13.5. The number of nitro groups is 1. The van der Waals surface area contributed by atoms with Gasteiger partial charge in [0.05, 0.1) is 16.6 Å². The van der Waals surface area contributed by atoms with Crippen LogP contribution in [0.4, 0.5) is 14.5 Å². The summed E-state index contributed by atoms with van der Waals surface area (Å²) < 4.78 is 27.1. The molecule has 1 rings (SSSR count). The normalized spacial score (nSPS) is 10.1. The zero-order chi connectivity index (χ0) is 13.0. The highest BCUT2D eigenvalue weighted by Gasteiger charge is 2.23. The molecule has 1 aromatic carbocycles. The predicted molar refractivity (Wildman–Crippen MR) is 64.2 cm³/mol. The summed E-state index contributed by atoms with van der Waals surface area (Å²) in [5.74, 6) is -3.23. The number of halogens is 3. The number of amides is 1. The zero-order valence-corrected chi connectivity index (χ0v) is 10.5. The van der Waals surface area contributed by atoms with Gasteiger partial charge in [-0.25, -0.2) is 4.39 Å². The molecule has 17 heavy (non-hydrogen) atoms. The Labute approximate surface area is 108 Å². The smallest absolute Gasteiger partial charge is 0.308 e. The molecule has 0 saturated heterocycles. The lowest BCUT2D eigenvalue weighted by molar-refractivity contribution is -0.387. The van der Waals surface area contributed by atoms with Gasteiger partial charge in [-0.3, -0.25) is 14.9 Å². The van der Waals surface area contributed by atoms with Crippen molar-refractivity contribution in [3.63, 3.8) is 0 Å². The van der Waals surface area contributed by atoms with Crippen molar-refractivity contribution < 1.29 is 18.5 Å². The first-order valence-electron chi connectivity index (χ1n) is 4.45. The van der Waals surface area contributed by atoms with Crippen LogP contribution in [0.2, 0.25) is 0 Å². The van der Waals surface area contributed by atoms with Gasteiger partial charge < -0.3 is 5.32 Å². The van der Waals surface area contributed by atoms with E-state index in [2.05, 4.69) is 5.32 Å². The van der Waals surface area contributed by atoms with Gasteiger partial charge in [0.15, 0.2) is 0 Å². The molecule has 5 nitrogen and oxygen atoms in total. The van der Waals surface area contributed by atoms with Gasteiger partial charge in [-0.15, -0.1) is 0 Å². The van der Waals surface area contributed by atoms with Gasteiger partial charge in [-0.1, -0.05) is 22.6 Å². The van der Waals surface area contributed by atoms with Gasteiger partial charge >= 0.3 is 5.69 Å². The molecular formula is C9H7F2IN2O3. The van der Waals surface area contributed by atoms with Crippen molar-refractivity contribution in [2.24, 2.45) is 0 Å².